The van der Waals surface area contributed by atoms with Gasteiger partial charge in [0.2, 0.25) is 5.75 Å². The van der Waals surface area contributed by atoms with Crippen molar-refractivity contribution in [2.24, 2.45) is 16.7 Å². The lowest BCUT2D eigenvalue weighted by atomic mass is 9.70. The lowest BCUT2D eigenvalue weighted by Crippen LogP contribution is -2.39. The van der Waals surface area contributed by atoms with Crippen LogP contribution in [-0.4, -0.2) is 39.2 Å². The fourth-order valence-electron chi connectivity index (χ4n) is 7.70. The Labute approximate surface area is 235 Å². The Hall–Kier alpha value is -3.74. The zero-order chi connectivity index (χ0) is 28.6. The van der Waals surface area contributed by atoms with Gasteiger partial charge in [0.1, 0.15) is 6.10 Å². The first kappa shape index (κ1) is 26.5. The van der Waals surface area contributed by atoms with Gasteiger partial charge in [-0.25, -0.2) is 4.79 Å². The number of esters is 1. The number of benzene rings is 2. The molecule has 1 heterocycles. The average molecular weight is 544 g/mol. The summed E-state index contributed by atoms with van der Waals surface area (Å²) in [7, 11) is 4.66. The summed E-state index contributed by atoms with van der Waals surface area (Å²) in [6, 6.07) is 11.2. The number of rotatable bonds is 6. The molecular formula is C33H37NO6. The van der Waals surface area contributed by atoms with Crippen LogP contribution < -0.4 is 19.5 Å². The summed E-state index contributed by atoms with van der Waals surface area (Å²) < 4.78 is 23.3. The third-order valence-electron chi connectivity index (χ3n) is 10.5. The standard InChI is InChI=1S/C33H37NO6/c1-17-25(31(36)40-24-16-19-12-13-33(24,4)32(19,2)3)26(18-14-22(37-5)30(39-7)23(15-18)38-6)27-28(34-17)20-10-8-9-11-21(20)29(27)35/h8-11,14-15,19,24,26,34H,12-13,16H2,1-7H3/t19-,24-,26-,33-/m0/s1. The molecule has 1 N–H and O–H groups in total. The highest BCUT2D eigenvalue weighted by Gasteiger charge is 2.63. The van der Waals surface area contributed by atoms with Gasteiger partial charge in [0.05, 0.1) is 32.6 Å². The van der Waals surface area contributed by atoms with E-state index in [1.807, 2.05) is 43.3 Å². The van der Waals surface area contributed by atoms with Crippen molar-refractivity contribution in [1.82, 2.24) is 5.32 Å². The number of nitrogens with one attached hydrogen (secondary N) is 1. The zero-order valence-electron chi connectivity index (χ0n) is 24.3. The molecule has 0 unspecified atom stereocenters. The second-order valence-electron chi connectivity index (χ2n) is 12.2. The third kappa shape index (κ3) is 3.49. The molecule has 2 aromatic rings. The van der Waals surface area contributed by atoms with Crippen LogP contribution >= 0.6 is 0 Å². The number of allylic oxidation sites excluding steroid dienone is 2. The Kier molecular flexibility index (Phi) is 6.06. The molecule has 2 bridgehead atoms. The van der Waals surface area contributed by atoms with Crippen LogP contribution in [0.4, 0.5) is 0 Å². The molecule has 40 heavy (non-hydrogen) atoms. The molecule has 3 aliphatic carbocycles. The van der Waals surface area contributed by atoms with E-state index in [2.05, 4.69) is 26.1 Å². The van der Waals surface area contributed by atoms with Gasteiger partial charge in [0.25, 0.3) is 0 Å². The normalized spacial score (nSPS) is 27.8. The maximum Gasteiger partial charge on any atom is 0.337 e. The van der Waals surface area contributed by atoms with Crippen molar-refractivity contribution in [3.63, 3.8) is 0 Å². The molecule has 0 aromatic heterocycles. The quantitative estimate of drug-likeness (QED) is 0.445. The van der Waals surface area contributed by atoms with Crippen LogP contribution in [0.5, 0.6) is 17.2 Å². The molecule has 0 amide bonds. The molecule has 0 radical (unpaired) electrons. The van der Waals surface area contributed by atoms with Crippen molar-refractivity contribution < 1.29 is 28.5 Å². The van der Waals surface area contributed by atoms with E-state index >= 15 is 0 Å². The second-order valence-corrected chi connectivity index (χ2v) is 12.2. The molecule has 4 atom stereocenters. The first-order chi connectivity index (χ1) is 19.1. The van der Waals surface area contributed by atoms with Crippen LogP contribution in [-0.2, 0) is 9.53 Å². The van der Waals surface area contributed by atoms with Crippen molar-refractivity contribution in [3.8, 4) is 17.2 Å². The van der Waals surface area contributed by atoms with Gasteiger partial charge in [0, 0.05) is 33.7 Å². The number of carbonyl (C=O) groups is 2. The number of Topliss-reactive ketones (excluding diaryl/α,β-unsaturated/α-hetero) is 1. The lowest BCUT2D eigenvalue weighted by molar-refractivity contribution is -0.152. The highest BCUT2D eigenvalue weighted by Crippen LogP contribution is 2.66. The lowest BCUT2D eigenvalue weighted by Gasteiger charge is -2.39. The molecule has 4 aliphatic rings. The number of ketones is 1. The van der Waals surface area contributed by atoms with Crippen LogP contribution in [0.15, 0.2) is 53.2 Å². The monoisotopic (exact) mass is 543 g/mol. The third-order valence-corrected chi connectivity index (χ3v) is 10.5. The summed E-state index contributed by atoms with van der Waals surface area (Å²) in [6.45, 7) is 8.74. The number of carbonyl (C=O) groups excluding carboxylic acids is 2. The first-order valence-electron chi connectivity index (χ1n) is 13.9. The van der Waals surface area contributed by atoms with Crippen molar-refractivity contribution in [1.29, 1.82) is 0 Å². The summed E-state index contributed by atoms with van der Waals surface area (Å²) in [5.74, 6) is 0.690. The molecule has 1 aliphatic heterocycles. The first-order valence-corrected chi connectivity index (χ1v) is 13.9. The molecule has 0 saturated heterocycles. The van der Waals surface area contributed by atoms with E-state index in [0.717, 1.165) is 30.5 Å². The van der Waals surface area contributed by atoms with Crippen LogP contribution in [0.1, 0.15) is 74.4 Å². The predicted octanol–water partition coefficient (Wildman–Crippen LogP) is 6.04. The van der Waals surface area contributed by atoms with Gasteiger partial charge < -0.3 is 24.3 Å². The van der Waals surface area contributed by atoms with E-state index < -0.39 is 11.9 Å². The predicted molar refractivity (Wildman–Crippen MR) is 151 cm³/mol. The Morgan fingerprint density at radius 2 is 1.62 bits per heavy atom. The summed E-state index contributed by atoms with van der Waals surface area (Å²) in [4.78, 5) is 28.2. The summed E-state index contributed by atoms with van der Waals surface area (Å²) in [5, 5.41) is 3.41. The van der Waals surface area contributed by atoms with Crippen LogP contribution in [0.2, 0.25) is 0 Å². The van der Waals surface area contributed by atoms with Crippen molar-refractivity contribution in [2.75, 3.05) is 21.3 Å². The summed E-state index contributed by atoms with van der Waals surface area (Å²) in [5.41, 5.74) is 4.48. The van der Waals surface area contributed by atoms with Gasteiger partial charge in [0.15, 0.2) is 17.3 Å². The molecule has 2 fully saturated rings. The van der Waals surface area contributed by atoms with E-state index in [1.165, 1.54) is 0 Å². The Morgan fingerprint density at radius 1 is 0.975 bits per heavy atom. The minimum atomic E-state index is -0.684. The molecule has 2 saturated carbocycles. The maximum absolute atomic E-state index is 14.2. The number of dihydropyridines is 1. The number of hydrogen-bond acceptors (Lipinski definition) is 7. The second kappa shape index (κ2) is 9.15. The average Bonchev–Trinajstić information content (AvgIpc) is 3.43. The maximum atomic E-state index is 14.2. The molecule has 2 aromatic carbocycles. The van der Waals surface area contributed by atoms with Crippen LogP contribution in [0.3, 0.4) is 0 Å². The minimum absolute atomic E-state index is 0.0875. The SMILES string of the molecule is COc1cc([C@H]2C(C(=O)O[C@H]3C[C@@H]4CC[C@]3(C)C4(C)C)=C(C)NC3=C2C(=O)c2ccccc23)cc(OC)c1OC. The van der Waals surface area contributed by atoms with Gasteiger partial charge in [-0.1, -0.05) is 45.0 Å². The smallest absolute Gasteiger partial charge is 0.337 e. The number of methoxy groups -OCH3 is 3. The van der Waals surface area contributed by atoms with Crippen LogP contribution in [0, 0.1) is 16.7 Å². The van der Waals surface area contributed by atoms with Crippen molar-refractivity contribution in [3.05, 3.63) is 69.9 Å². The number of fused-ring (bicyclic) bond motifs is 4. The highest BCUT2D eigenvalue weighted by molar-refractivity contribution is 6.23. The van der Waals surface area contributed by atoms with Crippen molar-refractivity contribution in [2.45, 2.75) is 59.0 Å². The summed E-state index contributed by atoms with van der Waals surface area (Å²) in [6.07, 6.45) is 2.89. The number of ether oxygens (including phenoxy) is 4. The molecule has 6 rings (SSSR count). The molecule has 210 valence electrons. The molecule has 7 heteroatoms. The van der Waals surface area contributed by atoms with Gasteiger partial charge in [-0.15, -0.1) is 0 Å². The number of hydrogen-bond donors (Lipinski definition) is 1. The fourth-order valence-corrected chi connectivity index (χ4v) is 7.70. The topological polar surface area (TPSA) is 83.1 Å². The van der Waals surface area contributed by atoms with E-state index in [1.54, 1.807) is 21.3 Å². The van der Waals surface area contributed by atoms with E-state index in [4.69, 9.17) is 18.9 Å². The Bertz CT molecular complexity index is 1480. The fraction of sp³-hybridized carbons (Fsp3) is 0.455. The molecule has 0 spiro atoms. The van der Waals surface area contributed by atoms with E-state index in [0.29, 0.717) is 51.1 Å². The van der Waals surface area contributed by atoms with E-state index in [-0.39, 0.29) is 22.7 Å². The Balaban J connectivity index is 1.48. The molecule has 7 nitrogen and oxygen atoms in total. The van der Waals surface area contributed by atoms with E-state index in [9.17, 15) is 9.59 Å². The largest absolute Gasteiger partial charge is 0.493 e. The van der Waals surface area contributed by atoms with Gasteiger partial charge in [-0.3, -0.25) is 4.79 Å². The van der Waals surface area contributed by atoms with Gasteiger partial charge >= 0.3 is 5.97 Å². The van der Waals surface area contributed by atoms with Gasteiger partial charge in [-0.2, -0.15) is 0 Å². The van der Waals surface area contributed by atoms with Crippen LogP contribution in [0.25, 0.3) is 5.70 Å². The van der Waals surface area contributed by atoms with Crippen molar-refractivity contribution >= 4 is 17.4 Å². The van der Waals surface area contributed by atoms with Gasteiger partial charge in [-0.05, 0) is 55.2 Å². The zero-order valence-corrected chi connectivity index (χ0v) is 24.3. The highest BCUT2D eigenvalue weighted by atomic mass is 16.5. The molecular weight excluding hydrogens is 506 g/mol. The summed E-state index contributed by atoms with van der Waals surface area (Å²) >= 11 is 0. The minimum Gasteiger partial charge on any atom is -0.493 e. The Morgan fingerprint density at radius 3 is 2.17 bits per heavy atom.